The molecule has 27 heavy (non-hydrogen) atoms. The molecule has 2 aliphatic heterocycles. The molecule has 1 aromatic carbocycles. The van der Waals surface area contributed by atoms with Crippen molar-refractivity contribution in [2.24, 2.45) is 0 Å². The lowest BCUT2D eigenvalue weighted by molar-refractivity contribution is -0.129. The van der Waals surface area contributed by atoms with Gasteiger partial charge in [-0.25, -0.2) is 8.42 Å². The Balaban J connectivity index is 1.66. The molecular formula is C20H28N2O4S. The molecule has 7 heteroatoms. The Kier molecular flexibility index (Phi) is 6.68. The summed E-state index contributed by atoms with van der Waals surface area (Å²) in [6.07, 6.45) is 7.65. The van der Waals surface area contributed by atoms with E-state index >= 15 is 0 Å². The van der Waals surface area contributed by atoms with Crippen LogP contribution in [0.1, 0.15) is 38.2 Å². The van der Waals surface area contributed by atoms with Crippen molar-refractivity contribution >= 4 is 22.0 Å². The Hall–Kier alpha value is -1.70. The largest absolute Gasteiger partial charge is 0.379 e. The summed E-state index contributed by atoms with van der Waals surface area (Å²) in [6.45, 7) is 4.56. The summed E-state index contributed by atoms with van der Waals surface area (Å²) in [7, 11) is -3.48. The van der Waals surface area contributed by atoms with Crippen LogP contribution in [-0.2, 0) is 19.6 Å². The number of piperidine rings is 1. The molecule has 0 radical (unpaired) electrons. The van der Waals surface area contributed by atoms with Gasteiger partial charge in [-0.15, -0.1) is 0 Å². The molecule has 0 saturated carbocycles. The molecule has 3 rings (SSSR count). The van der Waals surface area contributed by atoms with Crippen LogP contribution in [0.25, 0.3) is 6.08 Å². The SMILES string of the molecule is CCC1CCCCN1C(=O)/C=C/c1ccc(S(=O)(=O)N2CCOCC2)cc1. The van der Waals surface area contributed by atoms with E-state index in [0.29, 0.717) is 32.3 Å². The lowest BCUT2D eigenvalue weighted by Gasteiger charge is -2.34. The van der Waals surface area contributed by atoms with Crippen molar-refractivity contribution < 1.29 is 17.9 Å². The van der Waals surface area contributed by atoms with Gasteiger partial charge in [0.25, 0.3) is 0 Å². The predicted molar refractivity (Wildman–Crippen MR) is 105 cm³/mol. The van der Waals surface area contributed by atoms with E-state index in [4.69, 9.17) is 4.74 Å². The zero-order valence-electron chi connectivity index (χ0n) is 15.8. The Bertz CT molecular complexity index is 768. The fourth-order valence-electron chi connectivity index (χ4n) is 3.67. The van der Waals surface area contributed by atoms with Crippen LogP contribution in [0.4, 0.5) is 0 Å². The standard InChI is InChI=1S/C20H28N2O4S/c1-2-18-5-3-4-12-22(18)20(23)11-8-17-6-9-19(10-7-17)27(24,25)21-13-15-26-16-14-21/h6-11,18H,2-5,12-16H2,1H3/b11-8+. The fraction of sp³-hybridized carbons (Fsp3) is 0.550. The maximum absolute atomic E-state index is 12.6. The van der Waals surface area contributed by atoms with Gasteiger partial charge in [-0.1, -0.05) is 19.1 Å². The van der Waals surface area contributed by atoms with Gasteiger partial charge in [0.05, 0.1) is 18.1 Å². The highest BCUT2D eigenvalue weighted by Crippen LogP contribution is 2.21. The summed E-state index contributed by atoms with van der Waals surface area (Å²) in [5, 5.41) is 0. The van der Waals surface area contributed by atoms with E-state index in [-0.39, 0.29) is 10.8 Å². The van der Waals surface area contributed by atoms with Gasteiger partial charge in [-0.3, -0.25) is 4.79 Å². The van der Waals surface area contributed by atoms with E-state index in [0.717, 1.165) is 31.4 Å². The normalized spacial score (nSPS) is 22.3. The summed E-state index contributed by atoms with van der Waals surface area (Å²) in [5.74, 6) is 0.0339. The lowest BCUT2D eigenvalue weighted by Crippen LogP contribution is -2.42. The maximum Gasteiger partial charge on any atom is 0.246 e. The van der Waals surface area contributed by atoms with Crippen LogP contribution in [0.3, 0.4) is 0 Å². The summed E-state index contributed by atoms with van der Waals surface area (Å²) >= 11 is 0. The number of rotatable bonds is 5. The Morgan fingerprint density at radius 3 is 2.52 bits per heavy atom. The molecule has 1 unspecified atom stereocenters. The number of ether oxygens (including phenoxy) is 1. The van der Waals surface area contributed by atoms with Crippen LogP contribution in [0, 0.1) is 0 Å². The minimum Gasteiger partial charge on any atom is -0.379 e. The van der Waals surface area contributed by atoms with Crippen LogP contribution in [-0.4, -0.2) is 62.4 Å². The van der Waals surface area contributed by atoms with Crippen LogP contribution >= 0.6 is 0 Å². The number of hydrogen-bond acceptors (Lipinski definition) is 4. The molecule has 6 nitrogen and oxygen atoms in total. The highest BCUT2D eigenvalue weighted by atomic mass is 32.2. The first kappa shape index (κ1) is 20.0. The predicted octanol–water partition coefficient (Wildman–Crippen LogP) is 2.51. The van der Waals surface area contributed by atoms with Gasteiger partial charge in [-0.2, -0.15) is 4.31 Å². The Morgan fingerprint density at radius 2 is 1.85 bits per heavy atom. The first-order chi connectivity index (χ1) is 13.0. The number of nitrogens with zero attached hydrogens (tertiary/aromatic N) is 2. The molecule has 148 valence electrons. The summed E-state index contributed by atoms with van der Waals surface area (Å²) in [4.78, 5) is 14.7. The van der Waals surface area contributed by atoms with Crippen molar-refractivity contribution in [3.05, 3.63) is 35.9 Å². The molecule has 2 saturated heterocycles. The van der Waals surface area contributed by atoms with E-state index in [9.17, 15) is 13.2 Å². The highest BCUT2D eigenvalue weighted by molar-refractivity contribution is 7.89. The van der Waals surface area contributed by atoms with Crippen LogP contribution < -0.4 is 0 Å². The van der Waals surface area contributed by atoms with Gasteiger partial charge in [0.2, 0.25) is 15.9 Å². The van der Waals surface area contributed by atoms with Crippen LogP contribution in [0.15, 0.2) is 35.2 Å². The monoisotopic (exact) mass is 392 g/mol. The number of sulfonamides is 1. The molecule has 1 amide bonds. The van der Waals surface area contributed by atoms with Crippen molar-refractivity contribution in [2.75, 3.05) is 32.8 Å². The van der Waals surface area contributed by atoms with Crippen molar-refractivity contribution in [1.29, 1.82) is 0 Å². The summed E-state index contributed by atoms with van der Waals surface area (Å²) in [6, 6.07) is 7.02. The second kappa shape index (κ2) is 8.99. The zero-order valence-corrected chi connectivity index (χ0v) is 16.7. The molecule has 0 bridgehead atoms. The third-order valence-electron chi connectivity index (χ3n) is 5.29. The van der Waals surface area contributed by atoms with Gasteiger partial charge in [0.15, 0.2) is 0 Å². The Morgan fingerprint density at radius 1 is 1.15 bits per heavy atom. The average molecular weight is 393 g/mol. The van der Waals surface area contributed by atoms with E-state index in [1.165, 1.54) is 10.7 Å². The molecule has 2 fully saturated rings. The van der Waals surface area contributed by atoms with E-state index in [2.05, 4.69) is 6.92 Å². The maximum atomic E-state index is 12.6. The number of amides is 1. The molecule has 1 aromatic rings. The lowest BCUT2D eigenvalue weighted by atomic mass is 10.00. The first-order valence-corrected chi connectivity index (χ1v) is 11.1. The molecule has 0 spiro atoms. The minimum atomic E-state index is -3.48. The van der Waals surface area contributed by atoms with Crippen molar-refractivity contribution in [3.8, 4) is 0 Å². The fourth-order valence-corrected chi connectivity index (χ4v) is 5.07. The van der Waals surface area contributed by atoms with Crippen molar-refractivity contribution in [1.82, 2.24) is 9.21 Å². The molecule has 0 aliphatic carbocycles. The molecule has 2 heterocycles. The number of carbonyl (C=O) groups excluding carboxylic acids is 1. The number of carbonyl (C=O) groups is 1. The second-order valence-electron chi connectivity index (χ2n) is 7.01. The quantitative estimate of drug-likeness (QED) is 0.722. The van der Waals surface area contributed by atoms with E-state index in [1.54, 1.807) is 36.4 Å². The third-order valence-corrected chi connectivity index (χ3v) is 7.20. The number of morpholine rings is 1. The second-order valence-corrected chi connectivity index (χ2v) is 8.95. The highest BCUT2D eigenvalue weighted by Gasteiger charge is 2.26. The summed E-state index contributed by atoms with van der Waals surface area (Å²) in [5.41, 5.74) is 0.814. The van der Waals surface area contributed by atoms with Gasteiger partial charge >= 0.3 is 0 Å². The van der Waals surface area contributed by atoms with Crippen molar-refractivity contribution in [3.63, 3.8) is 0 Å². The van der Waals surface area contributed by atoms with Crippen LogP contribution in [0.2, 0.25) is 0 Å². The molecule has 1 atom stereocenters. The van der Waals surface area contributed by atoms with Gasteiger partial charge in [-0.05, 0) is 49.5 Å². The minimum absolute atomic E-state index is 0.0339. The molecular weight excluding hydrogens is 364 g/mol. The molecule has 2 aliphatic rings. The zero-order chi connectivity index (χ0) is 19.3. The number of likely N-dealkylation sites (tertiary alicyclic amines) is 1. The Labute approximate surface area is 161 Å². The van der Waals surface area contributed by atoms with Gasteiger partial charge in [0.1, 0.15) is 0 Å². The van der Waals surface area contributed by atoms with Crippen LogP contribution in [0.5, 0.6) is 0 Å². The molecule has 0 aromatic heterocycles. The number of benzene rings is 1. The number of hydrogen-bond donors (Lipinski definition) is 0. The third kappa shape index (κ3) is 4.78. The summed E-state index contributed by atoms with van der Waals surface area (Å²) < 4.78 is 31.9. The topological polar surface area (TPSA) is 66.9 Å². The van der Waals surface area contributed by atoms with Crippen molar-refractivity contribution in [2.45, 2.75) is 43.5 Å². The van der Waals surface area contributed by atoms with E-state index in [1.807, 2.05) is 4.90 Å². The average Bonchev–Trinajstić information content (AvgIpc) is 2.73. The van der Waals surface area contributed by atoms with E-state index < -0.39 is 10.0 Å². The van der Waals surface area contributed by atoms with Gasteiger partial charge < -0.3 is 9.64 Å². The van der Waals surface area contributed by atoms with Gasteiger partial charge in [0, 0.05) is 31.8 Å². The molecule has 0 N–H and O–H groups in total. The first-order valence-electron chi connectivity index (χ1n) is 9.69. The smallest absolute Gasteiger partial charge is 0.246 e.